The SMILES string of the molecule is O=C1NC(NC2CC2)=NC1c1cccc(C(F)(F)F)c1. The largest absolute Gasteiger partial charge is 0.416 e. The van der Waals surface area contributed by atoms with Crippen LogP contribution < -0.4 is 10.6 Å². The summed E-state index contributed by atoms with van der Waals surface area (Å²) in [5, 5.41) is 5.57. The first-order chi connectivity index (χ1) is 9.43. The van der Waals surface area contributed by atoms with Crippen molar-refractivity contribution in [1.82, 2.24) is 10.6 Å². The van der Waals surface area contributed by atoms with Crippen LogP contribution in [0.1, 0.15) is 30.0 Å². The Hall–Kier alpha value is -2.05. The highest BCUT2D eigenvalue weighted by Crippen LogP contribution is 2.32. The van der Waals surface area contributed by atoms with Crippen LogP contribution in [0.15, 0.2) is 29.3 Å². The Bertz CT molecular complexity index is 578. The van der Waals surface area contributed by atoms with Gasteiger partial charge in [-0.3, -0.25) is 10.1 Å². The molecule has 1 fully saturated rings. The highest BCUT2D eigenvalue weighted by molar-refractivity contribution is 6.05. The molecule has 0 spiro atoms. The molecule has 0 aromatic heterocycles. The molecule has 1 aliphatic heterocycles. The van der Waals surface area contributed by atoms with E-state index in [1.165, 1.54) is 12.1 Å². The summed E-state index contributed by atoms with van der Waals surface area (Å²) in [5.41, 5.74) is -0.536. The second-order valence-electron chi connectivity index (χ2n) is 4.91. The molecular formula is C13H12F3N3O. The molecule has 1 aliphatic carbocycles. The Morgan fingerprint density at radius 1 is 1.30 bits per heavy atom. The zero-order chi connectivity index (χ0) is 14.3. The fourth-order valence-electron chi connectivity index (χ4n) is 2.01. The third-order valence-electron chi connectivity index (χ3n) is 3.20. The monoisotopic (exact) mass is 283 g/mol. The molecule has 1 unspecified atom stereocenters. The van der Waals surface area contributed by atoms with Crippen LogP contribution in [0.25, 0.3) is 0 Å². The number of carbonyl (C=O) groups excluding carboxylic acids is 1. The lowest BCUT2D eigenvalue weighted by Gasteiger charge is -2.10. The zero-order valence-electron chi connectivity index (χ0n) is 10.4. The normalized spacial score (nSPS) is 22.4. The van der Waals surface area contributed by atoms with Gasteiger partial charge in [0, 0.05) is 6.04 Å². The molecule has 20 heavy (non-hydrogen) atoms. The topological polar surface area (TPSA) is 53.5 Å². The summed E-state index contributed by atoms with van der Waals surface area (Å²) in [6, 6.07) is 4.10. The van der Waals surface area contributed by atoms with Crippen molar-refractivity contribution in [1.29, 1.82) is 0 Å². The Labute approximate surface area is 113 Å². The molecule has 1 heterocycles. The maximum Gasteiger partial charge on any atom is 0.416 e. The van der Waals surface area contributed by atoms with Crippen LogP contribution >= 0.6 is 0 Å². The number of carbonyl (C=O) groups is 1. The second kappa shape index (κ2) is 4.50. The number of nitrogens with zero attached hydrogens (tertiary/aromatic N) is 1. The first-order valence-electron chi connectivity index (χ1n) is 6.26. The summed E-state index contributed by atoms with van der Waals surface area (Å²) >= 11 is 0. The van der Waals surface area contributed by atoms with Crippen molar-refractivity contribution in [2.24, 2.45) is 4.99 Å². The summed E-state index contributed by atoms with van der Waals surface area (Å²) in [7, 11) is 0. The molecule has 1 aromatic rings. The minimum Gasteiger partial charge on any atom is -0.353 e. The predicted molar refractivity (Wildman–Crippen MR) is 65.9 cm³/mol. The summed E-state index contributed by atoms with van der Waals surface area (Å²) in [6.45, 7) is 0. The maximum atomic E-state index is 12.7. The maximum absolute atomic E-state index is 12.7. The van der Waals surface area contributed by atoms with Gasteiger partial charge in [0.1, 0.15) is 0 Å². The summed E-state index contributed by atoms with van der Waals surface area (Å²) in [5.74, 6) is -0.0626. The van der Waals surface area contributed by atoms with Gasteiger partial charge in [0.25, 0.3) is 5.91 Å². The minimum atomic E-state index is -4.43. The fraction of sp³-hybridized carbons (Fsp3) is 0.385. The van der Waals surface area contributed by atoms with Crippen molar-refractivity contribution >= 4 is 11.9 Å². The number of hydrogen-bond donors (Lipinski definition) is 2. The van der Waals surface area contributed by atoms with E-state index in [1.54, 1.807) is 0 Å². The number of rotatable bonds is 2. The van der Waals surface area contributed by atoms with E-state index in [0.29, 0.717) is 12.0 Å². The van der Waals surface area contributed by atoms with Gasteiger partial charge in [-0.15, -0.1) is 0 Å². The quantitative estimate of drug-likeness (QED) is 0.872. The van der Waals surface area contributed by atoms with Gasteiger partial charge in [-0.05, 0) is 30.5 Å². The molecule has 0 radical (unpaired) electrons. The molecule has 2 N–H and O–H groups in total. The summed E-state index contributed by atoms with van der Waals surface area (Å²) < 4.78 is 38.0. The van der Waals surface area contributed by atoms with Gasteiger partial charge < -0.3 is 5.32 Å². The summed E-state index contributed by atoms with van der Waals surface area (Å²) in [4.78, 5) is 15.9. The molecule has 1 aromatic carbocycles. The smallest absolute Gasteiger partial charge is 0.353 e. The number of nitrogens with one attached hydrogen (secondary N) is 2. The van der Waals surface area contributed by atoms with Crippen molar-refractivity contribution in [3.8, 4) is 0 Å². The zero-order valence-corrected chi connectivity index (χ0v) is 10.4. The molecule has 4 nitrogen and oxygen atoms in total. The lowest BCUT2D eigenvalue weighted by molar-refractivity contribution is -0.137. The average Bonchev–Trinajstić information content (AvgIpc) is 3.11. The number of amides is 1. The number of alkyl halides is 3. The van der Waals surface area contributed by atoms with Gasteiger partial charge in [0.05, 0.1) is 5.56 Å². The fourth-order valence-corrected chi connectivity index (χ4v) is 2.01. The van der Waals surface area contributed by atoms with E-state index in [9.17, 15) is 18.0 Å². The van der Waals surface area contributed by atoms with E-state index < -0.39 is 23.7 Å². The molecule has 1 amide bonds. The number of guanidine groups is 1. The molecule has 2 aliphatic rings. The number of aliphatic imine (C=N–C) groups is 1. The lowest BCUT2D eigenvalue weighted by Crippen LogP contribution is -2.37. The predicted octanol–water partition coefficient (Wildman–Crippen LogP) is 1.98. The van der Waals surface area contributed by atoms with Gasteiger partial charge in [0.15, 0.2) is 12.0 Å². The molecule has 0 saturated heterocycles. The van der Waals surface area contributed by atoms with Crippen LogP contribution in [0.5, 0.6) is 0 Å². The van der Waals surface area contributed by atoms with Crippen LogP contribution in [0.2, 0.25) is 0 Å². The third kappa shape index (κ3) is 2.61. The van der Waals surface area contributed by atoms with Crippen LogP contribution in [-0.2, 0) is 11.0 Å². The van der Waals surface area contributed by atoms with E-state index >= 15 is 0 Å². The van der Waals surface area contributed by atoms with Gasteiger partial charge in [-0.1, -0.05) is 12.1 Å². The molecule has 3 rings (SSSR count). The molecule has 1 atom stereocenters. The van der Waals surface area contributed by atoms with E-state index in [2.05, 4.69) is 15.6 Å². The van der Waals surface area contributed by atoms with Crippen molar-refractivity contribution in [3.63, 3.8) is 0 Å². The third-order valence-corrected chi connectivity index (χ3v) is 3.20. The Morgan fingerprint density at radius 3 is 2.70 bits per heavy atom. The molecule has 7 heteroatoms. The van der Waals surface area contributed by atoms with Crippen LogP contribution in [0.3, 0.4) is 0 Å². The molecule has 0 bridgehead atoms. The number of halogens is 3. The Morgan fingerprint density at radius 2 is 2.05 bits per heavy atom. The molecule has 1 saturated carbocycles. The van der Waals surface area contributed by atoms with Crippen molar-refractivity contribution in [3.05, 3.63) is 35.4 Å². The highest BCUT2D eigenvalue weighted by Gasteiger charge is 2.34. The van der Waals surface area contributed by atoms with Crippen molar-refractivity contribution in [2.45, 2.75) is 31.1 Å². The Kier molecular flexibility index (Phi) is 2.92. The van der Waals surface area contributed by atoms with Gasteiger partial charge in [-0.25, -0.2) is 4.99 Å². The first kappa shape index (κ1) is 13.0. The average molecular weight is 283 g/mol. The Balaban J connectivity index is 1.84. The minimum absolute atomic E-state index is 0.241. The van der Waals surface area contributed by atoms with E-state index in [0.717, 1.165) is 25.0 Å². The van der Waals surface area contributed by atoms with E-state index in [1.807, 2.05) is 0 Å². The van der Waals surface area contributed by atoms with Gasteiger partial charge in [-0.2, -0.15) is 13.2 Å². The standard InChI is InChI=1S/C13H12F3N3O/c14-13(15,16)8-3-1-2-7(6-8)10-11(20)19-12(18-10)17-9-4-5-9/h1-3,6,9-10H,4-5H2,(H2,17,18,19,20). The van der Waals surface area contributed by atoms with Crippen LogP contribution in [0, 0.1) is 0 Å². The van der Waals surface area contributed by atoms with Crippen LogP contribution in [0.4, 0.5) is 13.2 Å². The number of benzene rings is 1. The van der Waals surface area contributed by atoms with E-state index in [4.69, 9.17) is 0 Å². The van der Waals surface area contributed by atoms with Gasteiger partial charge >= 0.3 is 6.18 Å². The van der Waals surface area contributed by atoms with Crippen molar-refractivity contribution < 1.29 is 18.0 Å². The van der Waals surface area contributed by atoms with Crippen molar-refractivity contribution in [2.75, 3.05) is 0 Å². The first-order valence-corrected chi connectivity index (χ1v) is 6.26. The lowest BCUT2D eigenvalue weighted by atomic mass is 10.0. The molecule has 106 valence electrons. The number of hydrogen-bond acceptors (Lipinski definition) is 3. The molecular weight excluding hydrogens is 271 g/mol. The van der Waals surface area contributed by atoms with Crippen LogP contribution in [-0.4, -0.2) is 17.9 Å². The second-order valence-corrected chi connectivity index (χ2v) is 4.91. The summed E-state index contributed by atoms with van der Waals surface area (Å²) in [6.07, 6.45) is -2.39. The highest BCUT2D eigenvalue weighted by atomic mass is 19.4. The van der Waals surface area contributed by atoms with Gasteiger partial charge in [0.2, 0.25) is 0 Å². The van der Waals surface area contributed by atoms with E-state index in [-0.39, 0.29) is 5.56 Å².